The van der Waals surface area contributed by atoms with Crippen molar-refractivity contribution in [2.75, 3.05) is 14.7 Å². The second-order valence-electron chi connectivity index (χ2n) is 18.6. The van der Waals surface area contributed by atoms with Crippen LogP contribution in [0.1, 0.15) is 113 Å². The van der Waals surface area contributed by atoms with Crippen molar-refractivity contribution in [3.8, 4) is 0 Å². The lowest BCUT2D eigenvalue weighted by atomic mass is 9.93. The van der Waals surface area contributed by atoms with Gasteiger partial charge in [-0.2, -0.15) is 0 Å². The summed E-state index contributed by atoms with van der Waals surface area (Å²) in [7, 11) is 0. The minimum Gasteiger partial charge on any atom is -0.310 e. The fourth-order valence-corrected chi connectivity index (χ4v) is 10.4. The zero-order valence-electron chi connectivity index (χ0n) is 38.5. The zero-order valence-corrected chi connectivity index (χ0v) is 38.5. The van der Waals surface area contributed by atoms with Crippen LogP contribution in [0, 0.1) is 0 Å². The van der Waals surface area contributed by atoms with Gasteiger partial charge in [0.1, 0.15) is 0 Å². The summed E-state index contributed by atoms with van der Waals surface area (Å²) >= 11 is 0. The topological polar surface area (TPSA) is 9.72 Å². The molecule has 3 aliphatic rings. The first-order valence-electron chi connectivity index (χ1n) is 24.8. The second-order valence-corrected chi connectivity index (χ2v) is 18.6. The van der Waals surface area contributed by atoms with Crippen LogP contribution in [-0.4, -0.2) is 0 Å². The van der Waals surface area contributed by atoms with E-state index in [9.17, 15) is 0 Å². The van der Waals surface area contributed by atoms with Gasteiger partial charge in [-0.25, -0.2) is 0 Å². The normalized spacial score (nSPS) is 15.2. The molecule has 0 aromatic heterocycles. The first-order chi connectivity index (χ1) is 32.7. The molecule has 66 heavy (non-hydrogen) atoms. The van der Waals surface area contributed by atoms with E-state index in [2.05, 4.69) is 215 Å². The maximum atomic E-state index is 2.43. The van der Waals surface area contributed by atoms with Gasteiger partial charge in [0.2, 0.25) is 0 Å². The van der Waals surface area contributed by atoms with Gasteiger partial charge in [-0.3, -0.25) is 0 Å². The summed E-state index contributed by atoms with van der Waals surface area (Å²) in [5.41, 5.74) is 18.4. The molecular weight excluding hydrogens is 799 g/mol. The summed E-state index contributed by atoms with van der Waals surface area (Å²) in [6.45, 7) is 0. The van der Waals surface area contributed by atoms with Gasteiger partial charge in [-0.05, 0) is 185 Å². The SMILES string of the molecule is C(=C1CCCCC1)c1ccc(N(c2ccccc2)c2cc(N(c3ccccc3)c3ccc(C=C4CCCCC4)cc3)cc(N(c3ccccc3)c3ccc(C=C4CCCCC4)cc3)c2)cc1. The molecule has 3 fully saturated rings. The molecule has 0 bridgehead atoms. The maximum absolute atomic E-state index is 2.43. The molecule has 0 heterocycles. The van der Waals surface area contributed by atoms with Crippen LogP contribution in [0.25, 0.3) is 18.2 Å². The predicted octanol–water partition coefficient (Wildman–Crippen LogP) is 19.1. The second kappa shape index (κ2) is 21.0. The van der Waals surface area contributed by atoms with E-state index in [0.29, 0.717) is 0 Å². The van der Waals surface area contributed by atoms with Gasteiger partial charge in [0, 0.05) is 34.1 Å². The van der Waals surface area contributed by atoms with Crippen molar-refractivity contribution in [2.24, 2.45) is 0 Å². The van der Waals surface area contributed by atoms with E-state index in [1.165, 1.54) is 113 Å². The van der Waals surface area contributed by atoms with Crippen molar-refractivity contribution in [1.29, 1.82) is 0 Å². The highest BCUT2D eigenvalue weighted by Crippen LogP contribution is 2.46. The van der Waals surface area contributed by atoms with Crippen molar-refractivity contribution in [2.45, 2.75) is 96.3 Å². The average molecular weight is 862 g/mol. The molecule has 0 N–H and O–H groups in total. The molecule has 0 saturated heterocycles. The Morgan fingerprint density at radius 3 is 0.697 bits per heavy atom. The molecular formula is C63H63N3. The Morgan fingerprint density at radius 2 is 0.455 bits per heavy atom. The average Bonchev–Trinajstić information content (AvgIpc) is 3.38. The molecule has 3 saturated carbocycles. The molecule has 330 valence electrons. The third-order valence-electron chi connectivity index (χ3n) is 13.8. The summed E-state index contributed by atoms with van der Waals surface area (Å²) in [6, 6.07) is 67.4. The van der Waals surface area contributed by atoms with Crippen molar-refractivity contribution >= 4 is 69.4 Å². The molecule has 0 radical (unpaired) electrons. The lowest BCUT2D eigenvalue weighted by Gasteiger charge is -2.33. The highest BCUT2D eigenvalue weighted by atomic mass is 15.2. The number of nitrogens with zero attached hydrogens (tertiary/aromatic N) is 3. The van der Waals surface area contributed by atoms with Crippen molar-refractivity contribution in [1.82, 2.24) is 0 Å². The standard InChI is InChI=1S/C63H63N3/c1-7-19-49(20-8-1)43-52-31-37-58(38-32-52)64(55-25-13-4-14-26-55)61-46-62(65(56-27-15-5-16-28-56)59-39-33-53(34-40-59)44-50-21-9-2-10-22-50)48-63(47-61)66(57-29-17-6-18-30-57)60-41-35-54(36-42-60)45-51-23-11-3-12-24-51/h4-6,13-18,25-48H,1-3,7-12,19-24H2. The van der Waals surface area contributed by atoms with Gasteiger partial charge in [0.15, 0.2) is 0 Å². The quantitative estimate of drug-likeness (QED) is 0.121. The van der Waals surface area contributed by atoms with Crippen LogP contribution in [0.2, 0.25) is 0 Å². The van der Waals surface area contributed by atoms with Gasteiger partial charge >= 0.3 is 0 Å². The Balaban J connectivity index is 1.14. The third-order valence-corrected chi connectivity index (χ3v) is 13.8. The van der Waals surface area contributed by atoms with Crippen LogP contribution >= 0.6 is 0 Å². The molecule has 7 aromatic rings. The molecule has 10 rings (SSSR count). The van der Waals surface area contributed by atoms with Crippen molar-refractivity contribution in [3.63, 3.8) is 0 Å². The van der Waals surface area contributed by atoms with Crippen LogP contribution < -0.4 is 14.7 Å². The van der Waals surface area contributed by atoms with E-state index in [1.54, 1.807) is 16.7 Å². The Labute approximate surface area is 394 Å². The summed E-state index contributed by atoms with van der Waals surface area (Å²) in [5.74, 6) is 0. The van der Waals surface area contributed by atoms with E-state index in [1.807, 2.05) is 0 Å². The Kier molecular flexibility index (Phi) is 13.7. The molecule has 0 unspecified atom stereocenters. The van der Waals surface area contributed by atoms with Gasteiger partial charge in [-0.1, -0.05) is 145 Å². The highest BCUT2D eigenvalue weighted by Gasteiger charge is 2.23. The van der Waals surface area contributed by atoms with E-state index in [4.69, 9.17) is 0 Å². The van der Waals surface area contributed by atoms with E-state index < -0.39 is 0 Å². The molecule has 0 atom stereocenters. The number of rotatable bonds is 12. The van der Waals surface area contributed by atoms with Gasteiger partial charge in [0.05, 0.1) is 17.1 Å². The first kappa shape index (κ1) is 43.1. The van der Waals surface area contributed by atoms with E-state index >= 15 is 0 Å². The molecule has 0 aliphatic heterocycles. The lowest BCUT2D eigenvalue weighted by Crippen LogP contribution is -2.16. The van der Waals surface area contributed by atoms with Crippen LogP contribution in [0.3, 0.4) is 0 Å². The Bertz CT molecular complexity index is 2410. The minimum atomic E-state index is 1.08. The molecule has 3 nitrogen and oxygen atoms in total. The number of hydrogen-bond acceptors (Lipinski definition) is 3. The molecule has 7 aromatic carbocycles. The third kappa shape index (κ3) is 10.5. The Hall–Kier alpha value is -6.84. The molecule has 0 spiro atoms. The van der Waals surface area contributed by atoms with E-state index in [-0.39, 0.29) is 0 Å². The fourth-order valence-electron chi connectivity index (χ4n) is 10.4. The van der Waals surface area contributed by atoms with Crippen LogP contribution in [0.15, 0.2) is 199 Å². The number of benzene rings is 7. The van der Waals surface area contributed by atoms with Crippen LogP contribution in [0.5, 0.6) is 0 Å². The number of anilines is 9. The first-order valence-corrected chi connectivity index (χ1v) is 24.8. The lowest BCUT2D eigenvalue weighted by molar-refractivity contribution is 0.602. The van der Waals surface area contributed by atoms with Crippen LogP contribution in [0.4, 0.5) is 51.2 Å². The summed E-state index contributed by atoms with van der Waals surface area (Å²) in [6.07, 6.45) is 26.4. The van der Waals surface area contributed by atoms with Crippen molar-refractivity contribution < 1.29 is 0 Å². The largest absolute Gasteiger partial charge is 0.310 e. The summed E-state index contributed by atoms with van der Waals surface area (Å²) in [5, 5.41) is 0. The number of allylic oxidation sites excluding steroid dienone is 3. The minimum absolute atomic E-state index is 1.08. The summed E-state index contributed by atoms with van der Waals surface area (Å²) in [4.78, 5) is 7.28. The van der Waals surface area contributed by atoms with Crippen molar-refractivity contribution in [3.05, 3.63) is 215 Å². The van der Waals surface area contributed by atoms with Gasteiger partial charge in [0.25, 0.3) is 0 Å². The number of para-hydroxylation sites is 3. The smallest absolute Gasteiger partial charge is 0.0503 e. The molecule has 0 amide bonds. The predicted molar refractivity (Wildman–Crippen MR) is 284 cm³/mol. The number of hydrogen-bond donors (Lipinski definition) is 0. The van der Waals surface area contributed by atoms with Gasteiger partial charge in [-0.15, -0.1) is 0 Å². The fraction of sp³-hybridized carbons (Fsp3) is 0.238. The van der Waals surface area contributed by atoms with E-state index in [0.717, 1.165) is 51.2 Å². The maximum Gasteiger partial charge on any atom is 0.0503 e. The summed E-state index contributed by atoms with van der Waals surface area (Å²) < 4.78 is 0. The van der Waals surface area contributed by atoms with Gasteiger partial charge < -0.3 is 14.7 Å². The monoisotopic (exact) mass is 862 g/mol. The molecule has 3 aliphatic carbocycles. The Morgan fingerprint density at radius 1 is 0.227 bits per heavy atom. The van der Waals surface area contributed by atoms with Crippen LogP contribution in [-0.2, 0) is 0 Å². The zero-order chi connectivity index (χ0) is 44.3. The highest BCUT2D eigenvalue weighted by molar-refractivity contribution is 5.89. The molecule has 3 heteroatoms.